The van der Waals surface area contributed by atoms with Crippen molar-refractivity contribution in [3.05, 3.63) is 64.1 Å². The van der Waals surface area contributed by atoms with E-state index in [1.165, 1.54) is 5.56 Å². The molecule has 5 rings (SSSR count). The lowest BCUT2D eigenvalue weighted by Gasteiger charge is -2.32. The number of carbonyl (C=O) groups excluding carboxylic acids is 1. The van der Waals surface area contributed by atoms with E-state index in [0.717, 1.165) is 48.0 Å². The van der Waals surface area contributed by atoms with Gasteiger partial charge in [-0.25, -0.2) is 4.98 Å². The smallest absolute Gasteiger partial charge is 0.259 e. The van der Waals surface area contributed by atoms with Crippen LogP contribution in [0.25, 0.3) is 4.83 Å². The number of hydrogen-bond donors (Lipinski definition) is 1. The van der Waals surface area contributed by atoms with E-state index in [9.17, 15) is 4.79 Å². The molecular formula is C24H27N5O2S. The van der Waals surface area contributed by atoms with Gasteiger partial charge in [-0.1, -0.05) is 30.3 Å². The lowest BCUT2D eigenvalue weighted by atomic mass is 9.94. The Kier molecular flexibility index (Phi) is 5.46. The zero-order chi connectivity index (χ0) is 22.2. The summed E-state index contributed by atoms with van der Waals surface area (Å²) in [5.41, 5.74) is 4.65. The van der Waals surface area contributed by atoms with Crippen LogP contribution in [0.3, 0.4) is 0 Å². The summed E-state index contributed by atoms with van der Waals surface area (Å²) in [7, 11) is 0. The molecule has 3 aromatic heterocycles. The topological polar surface area (TPSA) is 75.7 Å². The van der Waals surface area contributed by atoms with E-state index in [1.54, 1.807) is 18.3 Å². The van der Waals surface area contributed by atoms with Gasteiger partial charge in [-0.3, -0.25) is 9.20 Å². The number of imidazole rings is 1. The third kappa shape index (κ3) is 3.58. The van der Waals surface area contributed by atoms with Crippen molar-refractivity contribution in [2.45, 2.75) is 46.0 Å². The number of benzene rings is 1. The molecule has 0 bridgehead atoms. The number of nitrogens with one attached hydrogen (secondary N) is 1. The van der Waals surface area contributed by atoms with Crippen LogP contribution in [0.5, 0.6) is 0 Å². The Morgan fingerprint density at radius 2 is 2.16 bits per heavy atom. The zero-order valence-corrected chi connectivity index (χ0v) is 19.4. The maximum Gasteiger partial charge on any atom is 0.259 e. The van der Waals surface area contributed by atoms with Gasteiger partial charge in [0, 0.05) is 36.3 Å². The Bertz CT molecular complexity index is 1250. The van der Waals surface area contributed by atoms with Crippen LogP contribution in [0.15, 0.2) is 40.4 Å². The number of anilines is 2. The van der Waals surface area contributed by atoms with Crippen LogP contribution in [0.1, 0.15) is 58.8 Å². The monoisotopic (exact) mass is 449 g/mol. The summed E-state index contributed by atoms with van der Waals surface area (Å²) < 4.78 is 7.35. The maximum absolute atomic E-state index is 13.2. The first-order chi connectivity index (χ1) is 15.6. The normalized spacial score (nSPS) is 16.6. The maximum atomic E-state index is 13.2. The number of para-hydroxylation sites is 1. The molecule has 1 aliphatic rings. The number of rotatable bonds is 5. The van der Waals surface area contributed by atoms with E-state index in [1.807, 2.05) is 17.9 Å². The van der Waals surface area contributed by atoms with Gasteiger partial charge in [0.15, 0.2) is 0 Å². The van der Waals surface area contributed by atoms with Crippen LogP contribution in [0.4, 0.5) is 11.6 Å². The highest BCUT2D eigenvalue weighted by atomic mass is 32.1. The SMILES string of the molecule is CCc1ccccc1Nc1nc([C@H]2CCCN(C(=O)c3c(C)noc3C)C2)c2sccn12. The third-order valence-electron chi connectivity index (χ3n) is 6.27. The first-order valence-corrected chi connectivity index (χ1v) is 12.0. The van der Waals surface area contributed by atoms with Gasteiger partial charge in [-0.15, -0.1) is 11.3 Å². The summed E-state index contributed by atoms with van der Waals surface area (Å²) in [4.78, 5) is 21.3. The van der Waals surface area contributed by atoms with Crippen LogP contribution in [0.2, 0.25) is 0 Å². The molecule has 0 radical (unpaired) electrons. The van der Waals surface area contributed by atoms with Gasteiger partial charge < -0.3 is 14.7 Å². The van der Waals surface area contributed by atoms with Gasteiger partial charge >= 0.3 is 0 Å². The molecule has 4 heterocycles. The molecule has 1 aliphatic heterocycles. The second-order valence-corrected chi connectivity index (χ2v) is 9.22. The quantitative estimate of drug-likeness (QED) is 0.446. The van der Waals surface area contributed by atoms with Crippen molar-refractivity contribution in [1.82, 2.24) is 19.4 Å². The molecule has 32 heavy (non-hydrogen) atoms. The standard InChI is InChI=1S/C24H27N5O2S/c1-4-17-8-5-6-10-19(17)25-24-26-21(23-29(24)12-13-32-23)18-9-7-11-28(14-18)22(30)20-15(2)27-31-16(20)3/h5-6,8,10,12-13,18H,4,7,9,11,14H2,1-3H3,(H,25,26)/t18-/m0/s1. The summed E-state index contributed by atoms with van der Waals surface area (Å²) >= 11 is 1.69. The Hall–Kier alpha value is -3.13. The molecule has 8 heteroatoms. The third-order valence-corrected chi connectivity index (χ3v) is 7.16. The fourth-order valence-electron chi connectivity index (χ4n) is 4.60. The van der Waals surface area contributed by atoms with E-state index in [4.69, 9.17) is 9.51 Å². The second kappa shape index (κ2) is 8.43. The van der Waals surface area contributed by atoms with Crippen LogP contribution in [-0.4, -0.2) is 38.4 Å². The van der Waals surface area contributed by atoms with Crippen molar-refractivity contribution >= 4 is 33.7 Å². The predicted octanol–water partition coefficient (Wildman–Crippen LogP) is 5.33. The van der Waals surface area contributed by atoms with Gasteiger partial charge in [-0.2, -0.15) is 0 Å². The highest BCUT2D eigenvalue weighted by Crippen LogP contribution is 2.35. The van der Waals surface area contributed by atoms with E-state index in [-0.39, 0.29) is 11.8 Å². The number of piperidine rings is 1. The van der Waals surface area contributed by atoms with E-state index < -0.39 is 0 Å². The molecule has 7 nitrogen and oxygen atoms in total. The molecule has 0 aliphatic carbocycles. The molecular weight excluding hydrogens is 422 g/mol. The number of carbonyl (C=O) groups is 1. The van der Waals surface area contributed by atoms with E-state index in [0.29, 0.717) is 23.6 Å². The molecule has 1 aromatic carbocycles. The predicted molar refractivity (Wildman–Crippen MR) is 126 cm³/mol. The average molecular weight is 450 g/mol. The number of aryl methyl sites for hydroxylation is 3. The van der Waals surface area contributed by atoms with Crippen molar-refractivity contribution in [2.75, 3.05) is 18.4 Å². The van der Waals surface area contributed by atoms with Gasteiger partial charge in [0.2, 0.25) is 5.95 Å². The molecule has 1 amide bonds. The Balaban J connectivity index is 1.44. The van der Waals surface area contributed by atoms with Crippen molar-refractivity contribution in [3.8, 4) is 0 Å². The van der Waals surface area contributed by atoms with Crippen LogP contribution >= 0.6 is 11.3 Å². The average Bonchev–Trinajstić information content (AvgIpc) is 3.50. The molecule has 0 unspecified atom stereocenters. The Morgan fingerprint density at radius 1 is 1.31 bits per heavy atom. The molecule has 0 saturated carbocycles. The number of fused-ring (bicyclic) bond motifs is 1. The van der Waals surface area contributed by atoms with Gasteiger partial charge in [0.1, 0.15) is 16.2 Å². The van der Waals surface area contributed by atoms with Crippen LogP contribution < -0.4 is 5.32 Å². The second-order valence-electron chi connectivity index (χ2n) is 8.32. The summed E-state index contributed by atoms with van der Waals surface area (Å²) in [6.07, 6.45) is 4.98. The lowest BCUT2D eigenvalue weighted by molar-refractivity contribution is 0.0704. The molecule has 0 spiro atoms. The highest BCUT2D eigenvalue weighted by molar-refractivity contribution is 7.15. The lowest BCUT2D eigenvalue weighted by Crippen LogP contribution is -2.39. The summed E-state index contributed by atoms with van der Waals surface area (Å²) in [5, 5.41) is 9.59. The minimum Gasteiger partial charge on any atom is -0.361 e. The Labute approximate surface area is 191 Å². The van der Waals surface area contributed by atoms with Gasteiger partial charge in [0.05, 0.1) is 11.4 Å². The largest absolute Gasteiger partial charge is 0.361 e. The van der Waals surface area contributed by atoms with Gasteiger partial charge in [0.25, 0.3) is 5.91 Å². The highest BCUT2D eigenvalue weighted by Gasteiger charge is 2.31. The summed E-state index contributed by atoms with van der Waals surface area (Å²) in [6, 6.07) is 8.34. The van der Waals surface area contributed by atoms with Crippen molar-refractivity contribution in [1.29, 1.82) is 0 Å². The van der Waals surface area contributed by atoms with Gasteiger partial charge in [-0.05, 0) is 44.7 Å². The minimum absolute atomic E-state index is 0.00260. The van der Waals surface area contributed by atoms with Crippen molar-refractivity contribution in [2.24, 2.45) is 0 Å². The van der Waals surface area contributed by atoms with E-state index in [2.05, 4.69) is 51.6 Å². The summed E-state index contributed by atoms with van der Waals surface area (Å²) in [6.45, 7) is 7.17. The summed E-state index contributed by atoms with van der Waals surface area (Å²) in [5.74, 6) is 1.60. The number of aromatic nitrogens is 3. The molecule has 1 saturated heterocycles. The first-order valence-electron chi connectivity index (χ1n) is 11.1. The fraction of sp³-hybridized carbons (Fsp3) is 0.375. The van der Waals surface area contributed by atoms with Crippen molar-refractivity contribution in [3.63, 3.8) is 0 Å². The van der Waals surface area contributed by atoms with Crippen molar-refractivity contribution < 1.29 is 9.32 Å². The number of likely N-dealkylation sites (tertiary alicyclic amines) is 1. The zero-order valence-electron chi connectivity index (χ0n) is 18.6. The molecule has 1 N–H and O–H groups in total. The molecule has 1 atom stereocenters. The van der Waals surface area contributed by atoms with E-state index >= 15 is 0 Å². The first kappa shape index (κ1) is 20.8. The fourth-order valence-corrected chi connectivity index (χ4v) is 5.51. The Morgan fingerprint density at radius 3 is 2.94 bits per heavy atom. The minimum atomic E-state index is 0.00260. The molecule has 4 aromatic rings. The molecule has 1 fully saturated rings. The number of nitrogens with zero attached hydrogens (tertiary/aromatic N) is 4. The number of hydrogen-bond acceptors (Lipinski definition) is 6. The van der Waals surface area contributed by atoms with Crippen LogP contribution in [-0.2, 0) is 6.42 Å². The van der Waals surface area contributed by atoms with Crippen LogP contribution in [0, 0.1) is 13.8 Å². The number of thiazole rings is 1. The number of amides is 1. The molecule has 166 valence electrons.